The number of nitrogens with zero attached hydrogens (tertiary/aromatic N) is 1. The number of aryl methyl sites for hydroxylation is 1. The van der Waals surface area contributed by atoms with Crippen LogP contribution in [0.5, 0.6) is 5.75 Å². The molecule has 1 aromatic heterocycles. The summed E-state index contributed by atoms with van der Waals surface area (Å²) in [5.41, 5.74) is 8.62. The highest BCUT2D eigenvalue weighted by molar-refractivity contribution is 7.98. The van der Waals surface area contributed by atoms with Crippen molar-refractivity contribution in [2.24, 2.45) is 0 Å². The molecule has 0 aliphatic carbocycles. The Hall–Kier alpha value is -1.98. The number of hydrogen-bond acceptors (Lipinski definition) is 4. The van der Waals surface area contributed by atoms with Gasteiger partial charge in [-0.15, -0.1) is 11.8 Å². The maximum absolute atomic E-state index is 6.46. The summed E-state index contributed by atoms with van der Waals surface area (Å²) in [4.78, 5) is 2.21. The highest BCUT2D eigenvalue weighted by Gasteiger charge is 2.22. The van der Waals surface area contributed by atoms with E-state index in [0.29, 0.717) is 0 Å². The second-order valence-electron chi connectivity index (χ2n) is 5.08. The van der Waals surface area contributed by atoms with Crippen LogP contribution in [0.3, 0.4) is 0 Å². The van der Waals surface area contributed by atoms with Gasteiger partial charge in [0, 0.05) is 23.4 Å². The lowest BCUT2D eigenvalue weighted by molar-refractivity contribution is -0.581. The van der Waals surface area contributed by atoms with Gasteiger partial charge < -0.3 is 4.74 Å². The molecule has 3 rings (SSSR count). The molecule has 1 heterocycles. The van der Waals surface area contributed by atoms with E-state index in [1.54, 1.807) is 30.2 Å². The van der Waals surface area contributed by atoms with Gasteiger partial charge >= 0.3 is 0 Å². The smallest absolute Gasteiger partial charge is 0.296 e. The molecular formula is C18H19N2OS2+. The Kier molecular flexibility index (Phi) is 4.59. The summed E-state index contributed by atoms with van der Waals surface area (Å²) < 4.78 is 7.58. The van der Waals surface area contributed by atoms with Crippen LogP contribution in [-0.4, -0.2) is 13.4 Å². The highest BCUT2D eigenvalue weighted by atomic mass is 32.2. The first kappa shape index (κ1) is 15.9. The van der Waals surface area contributed by atoms with Gasteiger partial charge in [-0.05, 0) is 18.4 Å². The average Bonchev–Trinajstić information content (AvgIpc) is 2.89. The molecule has 2 N–H and O–H groups in total. The first-order valence-electron chi connectivity index (χ1n) is 7.24. The number of anilines is 1. The van der Waals surface area contributed by atoms with E-state index in [4.69, 9.17) is 10.5 Å². The number of benzene rings is 2. The minimum Gasteiger partial charge on any atom is -0.495 e. The molecule has 0 aliphatic heterocycles. The van der Waals surface area contributed by atoms with Crippen molar-refractivity contribution in [3.05, 3.63) is 53.5 Å². The molecule has 0 aliphatic rings. The van der Waals surface area contributed by atoms with Crippen molar-refractivity contribution in [1.82, 2.24) is 0 Å². The van der Waals surface area contributed by atoms with Gasteiger partial charge in [-0.3, -0.25) is 5.73 Å². The van der Waals surface area contributed by atoms with Crippen LogP contribution in [0.25, 0.3) is 16.1 Å². The predicted octanol–water partition coefficient (Wildman–Crippen LogP) is 4.31. The molecule has 2 aromatic carbocycles. The number of nitrogens with two attached hydrogens (primary N) is 1. The number of ether oxygens (including phenoxy) is 1. The van der Waals surface area contributed by atoms with E-state index < -0.39 is 0 Å². The molecule has 5 heteroatoms. The highest BCUT2D eigenvalue weighted by Crippen LogP contribution is 2.33. The molecule has 23 heavy (non-hydrogen) atoms. The molecule has 0 saturated carbocycles. The monoisotopic (exact) mass is 343 g/mol. The molecule has 0 atom stereocenters. The lowest BCUT2D eigenvalue weighted by atomic mass is 10.2. The summed E-state index contributed by atoms with van der Waals surface area (Å²) in [6, 6.07) is 16.4. The van der Waals surface area contributed by atoms with Gasteiger partial charge in [-0.25, -0.2) is 0 Å². The number of aromatic nitrogens is 1. The van der Waals surface area contributed by atoms with Gasteiger partial charge in [0.05, 0.1) is 7.11 Å². The van der Waals surface area contributed by atoms with Crippen LogP contribution in [0, 0.1) is 6.92 Å². The first-order chi connectivity index (χ1) is 11.2. The number of nitrogen functional groups attached to an aromatic ring is 1. The van der Waals surface area contributed by atoms with E-state index in [2.05, 4.69) is 35.8 Å². The Morgan fingerprint density at radius 1 is 1.13 bits per heavy atom. The van der Waals surface area contributed by atoms with Crippen molar-refractivity contribution in [3.63, 3.8) is 0 Å². The number of thiazole rings is 1. The van der Waals surface area contributed by atoms with Gasteiger partial charge in [-0.1, -0.05) is 41.7 Å². The van der Waals surface area contributed by atoms with Crippen molar-refractivity contribution in [1.29, 1.82) is 0 Å². The quantitative estimate of drug-likeness (QED) is 0.567. The van der Waals surface area contributed by atoms with E-state index in [1.807, 2.05) is 30.5 Å². The Morgan fingerprint density at radius 3 is 2.52 bits per heavy atom. The fraction of sp³-hybridized carbons (Fsp3) is 0.167. The van der Waals surface area contributed by atoms with Gasteiger partial charge in [0.15, 0.2) is 5.01 Å². The minimum atomic E-state index is 0.762. The van der Waals surface area contributed by atoms with Gasteiger partial charge in [0.2, 0.25) is 0 Å². The topological polar surface area (TPSA) is 39.1 Å². The standard InChI is InChI=1S/C18H19N2OS2/c1-12-20(14-9-10-16(22-3)15(11-14)21-2)18(19)17(23-12)13-7-5-4-6-8-13/h4-11H,19H2,1-3H3/q+1. The fourth-order valence-corrected chi connectivity index (χ4v) is 4.19. The van der Waals surface area contributed by atoms with Crippen LogP contribution >= 0.6 is 23.1 Å². The molecule has 0 fully saturated rings. The second-order valence-corrected chi connectivity index (χ2v) is 7.13. The molecule has 3 nitrogen and oxygen atoms in total. The minimum absolute atomic E-state index is 0.762. The zero-order valence-electron chi connectivity index (χ0n) is 13.4. The molecule has 0 unspecified atom stereocenters. The van der Waals surface area contributed by atoms with E-state index >= 15 is 0 Å². The lowest BCUT2D eigenvalue weighted by Gasteiger charge is -2.08. The average molecular weight is 343 g/mol. The summed E-state index contributed by atoms with van der Waals surface area (Å²) in [6.45, 7) is 2.09. The maximum atomic E-state index is 6.46. The molecular weight excluding hydrogens is 324 g/mol. The van der Waals surface area contributed by atoms with Gasteiger partial charge in [0.1, 0.15) is 16.3 Å². The summed E-state index contributed by atoms with van der Waals surface area (Å²) in [7, 11) is 1.70. The second kappa shape index (κ2) is 6.64. The third-order valence-electron chi connectivity index (χ3n) is 3.70. The zero-order chi connectivity index (χ0) is 16.4. The summed E-state index contributed by atoms with van der Waals surface area (Å²) in [5, 5.41) is 1.14. The number of rotatable bonds is 4. The normalized spacial score (nSPS) is 10.7. The van der Waals surface area contributed by atoms with Crippen molar-refractivity contribution in [2.45, 2.75) is 11.8 Å². The molecule has 0 radical (unpaired) electrons. The van der Waals surface area contributed by atoms with Crippen LogP contribution < -0.4 is 15.0 Å². The number of hydrogen-bond donors (Lipinski definition) is 1. The molecule has 0 amide bonds. The molecule has 0 spiro atoms. The Balaban J connectivity index is 2.13. The summed E-state index contributed by atoms with van der Waals surface area (Å²) in [5.74, 6) is 1.63. The third kappa shape index (κ3) is 2.94. The molecule has 118 valence electrons. The van der Waals surface area contributed by atoms with Crippen LogP contribution in [0.15, 0.2) is 53.4 Å². The van der Waals surface area contributed by atoms with E-state index in [0.717, 1.165) is 37.6 Å². The summed E-state index contributed by atoms with van der Waals surface area (Å²) in [6.07, 6.45) is 2.04. The van der Waals surface area contributed by atoms with Crippen LogP contribution in [0.4, 0.5) is 5.82 Å². The third-order valence-corrected chi connectivity index (χ3v) is 5.60. The first-order valence-corrected chi connectivity index (χ1v) is 9.28. The largest absolute Gasteiger partial charge is 0.495 e. The van der Waals surface area contributed by atoms with Crippen molar-refractivity contribution in [3.8, 4) is 21.9 Å². The summed E-state index contributed by atoms with van der Waals surface area (Å²) >= 11 is 3.38. The zero-order valence-corrected chi connectivity index (χ0v) is 15.0. The Morgan fingerprint density at radius 2 is 1.87 bits per heavy atom. The Bertz CT molecular complexity index is 829. The van der Waals surface area contributed by atoms with E-state index in [1.165, 1.54) is 0 Å². The van der Waals surface area contributed by atoms with E-state index in [-0.39, 0.29) is 0 Å². The maximum Gasteiger partial charge on any atom is 0.296 e. The van der Waals surface area contributed by atoms with Crippen LogP contribution in [-0.2, 0) is 0 Å². The predicted molar refractivity (Wildman–Crippen MR) is 98.8 cm³/mol. The molecule has 0 saturated heterocycles. The van der Waals surface area contributed by atoms with Crippen molar-refractivity contribution in [2.75, 3.05) is 19.1 Å². The van der Waals surface area contributed by atoms with Crippen LogP contribution in [0.1, 0.15) is 5.01 Å². The SMILES string of the molecule is COc1cc(-[n+]2c(C)sc(-c3ccccc3)c2N)ccc1SC. The van der Waals surface area contributed by atoms with Gasteiger partial charge in [-0.2, -0.15) is 4.57 Å². The number of thioether (sulfide) groups is 1. The Labute approximate surface area is 144 Å². The van der Waals surface area contributed by atoms with Crippen molar-refractivity contribution >= 4 is 28.9 Å². The van der Waals surface area contributed by atoms with Crippen LogP contribution in [0.2, 0.25) is 0 Å². The lowest BCUT2D eigenvalue weighted by Crippen LogP contribution is -2.34. The fourth-order valence-electron chi connectivity index (χ4n) is 2.60. The number of methoxy groups -OCH3 is 1. The van der Waals surface area contributed by atoms with Gasteiger partial charge in [0.25, 0.3) is 5.82 Å². The van der Waals surface area contributed by atoms with Crippen molar-refractivity contribution < 1.29 is 9.30 Å². The molecule has 0 bridgehead atoms. The molecule has 3 aromatic rings. The van der Waals surface area contributed by atoms with E-state index in [9.17, 15) is 0 Å².